The van der Waals surface area contributed by atoms with Crippen LogP contribution < -0.4 is 20.1 Å². The molecule has 0 saturated carbocycles. The Morgan fingerprint density at radius 3 is 1.50 bits per heavy atom. The fourth-order valence-electron chi connectivity index (χ4n) is 6.78. The first-order chi connectivity index (χ1) is 23.3. The molecular formula is C42H54N2O6. The average Bonchev–Trinajstić information content (AvgIpc) is 3.68. The van der Waals surface area contributed by atoms with Gasteiger partial charge in [0.2, 0.25) is 0 Å². The summed E-state index contributed by atoms with van der Waals surface area (Å²) in [6, 6.07) is 32.1. The van der Waals surface area contributed by atoms with E-state index in [4.69, 9.17) is 14.2 Å². The number of rotatable bonds is 13. The van der Waals surface area contributed by atoms with E-state index in [2.05, 4.69) is 28.8 Å². The number of carboxylic acids is 1. The van der Waals surface area contributed by atoms with Crippen LogP contribution in [-0.4, -0.2) is 51.0 Å². The molecule has 0 aromatic heterocycles. The van der Waals surface area contributed by atoms with Crippen LogP contribution in [0.4, 0.5) is 0 Å². The zero-order valence-electron chi connectivity index (χ0n) is 28.1. The van der Waals surface area contributed by atoms with Crippen molar-refractivity contribution in [3.8, 4) is 11.5 Å². The molecule has 0 fully saturated rings. The molecule has 0 aliphatic heterocycles. The third-order valence-corrected chi connectivity index (χ3v) is 9.38. The van der Waals surface area contributed by atoms with Crippen molar-refractivity contribution in [2.75, 3.05) is 33.9 Å². The number of hydrogen-bond donors (Lipinski definition) is 3. The van der Waals surface area contributed by atoms with Crippen molar-refractivity contribution in [1.29, 1.82) is 0 Å². The predicted octanol–water partition coefficient (Wildman–Crippen LogP) is 7.06. The first-order valence-electron chi connectivity index (χ1n) is 16.5. The largest absolute Gasteiger partial charge is 0.497 e. The molecule has 2 aliphatic rings. The second kappa shape index (κ2) is 18.4. The van der Waals surface area contributed by atoms with Crippen LogP contribution >= 0.6 is 0 Å². The molecule has 2 atom stereocenters. The van der Waals surface area contributed by atoms with Gasteiger partial charge in [-0.2, -0.15) is 0 Å². The molecule has 8 heteroatoms. The van der Waals surface area contributed by atoms with Gasteiger partial charge in [0.05, 0.1) is 31.7 Å². The molecule has 268 valence electrons. The molecule has 2 aliphatic carbocycles. The summed E-state index contributed by atoms with van der Waals surface area (Å²) < 4.78 is 16.0. The van der Waals surface area contributed by atoms with Crippen molar-refractivity contribution in [2.24, 2.45) is 10.8 Å². The second-order valence-electron chi connectivity index (χ2n) is 12.7. The molecule has 0 heterocycles. The van der Waals surface area contributed by atoms with E-state index >= 15 is 0 Å². The number of hydrogen-bond acceptors (Lipinski definition) is 7. The van der Waals surface area contributed by atoms with Crippen molar-refractivity contribution in [2.45, 2.75) is 60.5 Å². The van der Waals surface area contributed by atoms with Crippen LogP contribution in [0.15, 0.2) is 97.1 Å². The van der Waals surface area contributed by atoms with Crippen molar-refractivity contribution in [3.05, 3.63) is 130 Å². The first kappa shape index (κ1) is 39.8. The number of aliphatic carboxylic acids is 1. The SMILES string of the molecule is C.C.CCOC(=O)C1(CNCc2ccccc2)Cc2ccc(OC)cc2C1.COc1ccc2c(c1)CC(CNCc1ccccc1)(C(=O)O)C2. The van der Waals surface area contributed by atoms with E-state index in [0.717, 1.165) is 34.7 Å². The van der Waals surface area contributed by atoms with Gasteiger partial charge in [-0.15, -0.1) is 0 Å². The number of benzene rings is 4. The summed E-state index contributed by atoms with van der Waals surface area (Å²) in [5.74, 6) is 0.747. The number of carbonyl (C=O) groups is 2. The minimum absolute atomic E-state index is 0. The van der Waals surface area contributed by atoms with E-state index in [1.807, 2.05) is 85.8 Å². The van der Waals surface area contributed by atoms with Crippen molar-refractivity contribution < 1.29 is 28.9 Å². The van der Waals surface area contributed by atoms with E-state index < -0.39 is 16.8 Å². The fraction of sp³-hybridized carbons (Fsp3) is 0.381. The maximum absolute atomic E-state index is 12.7. The minimum atomic E-state index is -0.774. The van der Waals surface area contributed by atoms with E-state index in [9.17, 15) is 14.7 Å². The molecule has 0 spiro atoms. The molecule has 0 saturated heterocycles. The number of carboxylic acid groups (broad SMARTS) is 1. The number of esters is 1. The molecule has 8 nitrogen and oxygen atoms in total. The Morgan fingerprint density at radius 2 is 1.06 bits per heavy atom. The minimum Gasteiger partial charge on any atom is -0.497 e. The van der Waals surface area contributed by atoms with E-state index in [1.54, 1.807) is 14.2 Å². The van der Waals surface area contributed by atoms with Gasteiger partial charge >= 0.3 is 11.9 Å². The highest BCUT2D eigenvalue weighted by molar-refractivity contribution is 5.80. The van der Waals surface area contributed by atoms with Crippen molar-refractivity contribution >= 4 is 11.9 Å². The zero-order valence-corrected chi connectivity index (χ0v) is 28.1. The standard InChI is InChI=1S/C21H25NO3.C19H21NO3.2CH4/c1-3-25-20(23)21(15-22-14-16-7-5-4-6-8-16)12-17-9-10-19(24-2)11-18(17)13-21;1-23-17-8-7-15-10-19(18(21)22,11-16(15)9-17)13-20-12-14-5-3-2-4-6-14;;/h4-11,22H,3,12-15H2,1-2H3;2-9,20H,10-13H2,1H3,(H,21,22);2*1H4. The predicted molar refractivity (Wildman–Crippen MR) is 200 cm³/mol. The number of ether oxygens (including phenoxy) is 3. The van der Waals surface area contributed by atoms with Gasteiger partial charge in [0, 0.05) is 26.2 Å². The van der Waals surface area contributed by atoms with Crippen LogP contribution in [0.3, 0.4) is 0 Å². The number of nitrogens with one attached hydrogen (secondary N) is 2. The van der Waals surface area contributed by atoms with Crippen LogP contribution in [-0.2, 0) is 53.1 Å². The number of carbonyl (C=O) groups excluding carboxylic acids is 1. The highest BCUT2D eigenvalue weighted by atomic mass is 16.5. The highest BCUT2D eigenvalue weighted by Crippen LogP contribution is 2.40. The van der Waals surface area contributed by atoms with E-state index in [0.29, 0.717) is 51.9 Å². The zero-order chi connectivity index (χ0) is 34.0. The molecule has 50 heavy (non-hydrogen) atoms. The van der Waals surface area contributed by atoms with Crippen LogP contribution in [0.1, 0.15) is 55.2 Å². The Bertz CT molecular complexity index is 1680. The Balaban J connectivity index is 0.000000261. The lowest BCUT2D eigenvalue weighted by Crippen LogP contribution is -2.43. The number of fused-ring (bicyclic) bond motifs is 2. The van der Waals surface area contributed by atoms with Gasteiger partial charge in [0.1, 0.15) is 11.5 Å². The average molecular weight is 683 g/mol. The topological polar surface area (TPSA) is 106 Å². The second-order valence-corrected chi connectivity index (χ2v) is 12.7. The monoisotopic (exact) mass is 682 g/mol. The number of methoxy groups -OCH3 is 2. The molecule has 0 bridgehead atoms. The van der Waals surface area contributed by atoms with Crippen LogP contribution in [0.5, 0.6) is 11.5 Å². The lowest BCUT2D eigenvalue weighted by atomic mass is 9.84. The van der Waals surface area contributed by atoms with Gasteiger partial charge in [-0.25, -0.2) is 0 Å². The van der Waals surface area contributed by atoms with Gasteiger partial charge in [0.25, 0.3) is 0 Å². The van der Waals surface area contributed by atoms with Gasteiger partial charge in [-0.05, 0) is 90.3 Å². The summed E-state index contributed by atoms with van der Waals surface area (Å²) in [6.07, 6.45) is 2.48. The lowest BCUT2D eigenvalue weighted by molar-refractivity contribution is -0.154. The highest BCUT2D eigenvalue weighted by Gasteiger charge is 2.45. The third-order valence-electron chi connectivity index (χ3n) is 9.38. The first-order valence-corrected chi connectivity index (χ1v) is 16.5. The summed E-state index contributed by atoms with van der Waals surface area (Å²) in [4.78, 5) is 24.7. The Morgan fingerprint density at radius 1 is 0.640 bits per heavy atom. The van der Waals surface area contributed by atoms with Crippen LogP contribution in [0.25, 0.3) is 0 Å². The fourth-order valence-corrected chi connectivity index (χ4v) is 6.78. The van der Waals surface area contributed by atoms with E-state index in [-0.39, 0.29) is 20.8 Å². The lowest BCUT2D eigenvalue weighted by Gasteiger charge is -2.27. The maximum atomic E-state index is 12.7. The molecule has 0 radical (unpaired) electrons. The van der Waals surface area contributed by atoms with Gasteiger partial charge < -0.3 is 30.0 Å². The van der Waals surface area contributed by atoms with Gasteiger partial charge in [0.15, 0.2) is 0 Å². The molecule has 3 N–H and O–H groups in total. The molecule has 4 aromatic carbocycles. The van der Waals surface area contributed by atoms with Crippen molar-refractivity contribution in [3.63, 3.8) is 0 Å². The van der Waals surface area contributed by atoms with Crippen LogP contribution in [0.2, 0.25) is 0 Å². The molecule has 6 rings (SSSR count). The summed E-state index contributed by atoms with van der Waals surface area (Å²) in [7, 11) is 3.29. The quantitative estimate of drug-likeness (QED) is 0.129. The Kier molecular flexibility index (Phi) is 14.6. The van der Waals surface area contributed by atoms with E-state index in [1.165, 1.54) is 16.7 Å². The van der Waals surface area contributed by atoms with Crippen LogP contribution in [0, 0.1) is 10.8 Å². The molecule has 4 aromatic rings. The van der Waals surface area contributed by atoms with Gasteiger partial charge in [-0.3, -0.25) is 9.59 Å². The molecule has 2 unspecified atom stereocenters. The Labute approximate surface area is 298 Å². The van der Waals surface area contributed by atoms with Gasteiger partial charge in [-0.1, -0.05) is 87.6 Å². The smallest absolute Gasteiger partial charge is 0.314 e. The summed E-state index contributed by atoms with van der Waals surface area (Å²) in [5, 5.41) is 16.6. The Hall–Kier alpha value is -4.66. The maximum Gasteiger partial charge on any atom is 0.314 e. The summed E-state index contributed by atoms with van der Waals surface area (Å²) >= 11 is 0. The molecular weight excluding hydrogens is 628 g/mol. The normalized spacial score (nSPS) is 18.2. The summed E-state index contributed by atoms with van der Waals surface area (Å²) in [6.45, 7) is 4.72. The van der Waals surface area contributed by atoms with Crippen molar-refractivity contribution in [1.82, 2.24) is 10.6 Å². The summed E-state index contributed by atoms with van der Waals surface area (Å²) in [5.41, 5.74) is 5.61. The third kappa shape index (κ3) is 9.52. The molecule has 0 amide bonds.